The zero-order valence-corrected chi connectivity index (χ0v) is 10.4. The number of hydrogen-bond acceptors (Lipinski definition) is 1. The zero-order valence-electron chi connectivity index (χ0n) is 10.4. The fourth-order valence-electron chi connectivity index (χ4n) is 2.37. The first kappa shape index (κ1) is 12.5. The van der Waals surface area contributed by atoms with Gasteiger partial charge in [-0.1, -0.05) is 36.4 Å². The first-order valence-electron chi connectivity index (χ1n) is 6.13. The number of hydrogen-bond donors (Lipinski definition) is 0. The maximum absolute atomic E-state index is 13.9. The van der Waals surface area contributed by atoms with Crippen molar-refractivity contribution in [2.24, 2.45) is 0 Å². The second-order valence-corrected chi connectivity index (χ2v) is 4.49. The van der Waals surface area contributed by atoms with Crippen LogP contribution < -0.4 is 0 Å². The Morgan fingerprint density at radius 1 is 0.800 bits per heavy atom. The molecular weight excluding hydrogens is 258 g/mol. The number of aldehydes is 1. The molecular formula is C17H10F2O. The average molecular weight is 268 g/mol. The normalized spacial score (nSPS) is 10.7. The highest BCUT2D eigenvalue weighted by Crippen LogP contribution is 2.32. The lowest BCUT2D eigenvalue weighted by atomic mass is 9.95. The molecule has 0 radical (unpaired) electrons. The van der Waals surface area contributed by atoms with E-state index in [1.165, 1.54) is 12.1 Å². The van der Waals surface area contributed by atoms with E-state index in [1.807, 2.05) is 24.3 Å². The van der Waals surface area contributed by atoms with Crippen molar-refractivity contribution >= 4 is 17.1 Å². The van der Waals surface area contributed by atoms with Crippen LogP contribution in [0.4, 0.5) is 8.78 Å². The highest BCUT2D eigenvalue weighted by atomic mass is 19.1. The summed E-state index contributed by atoms with van der Waals surface area (Å²) in [6.07, 6.45) is 0.771. The van der Waals surface area contributed by atoms with Gasteiger partial charge < -0.3 is 0 Å². The van der Waals surface area contributed by atoms with Crippen LogP contribution in [0.2, 0.25) is 0 Å². The molecule has 0 heterocycles. The van der Waals surface area contributed by atoms with E-state index in [-0.39, 0.29) is 0 Å². The molecule has 3 aromatic rings. The van der Waals surface area contributed by atoms with Crippen LogP contribution in [-0.4, -0.2) is 6.29 Å². The summed E-state index contributed by atoms with van der Waals surface area (Å²) < 4.78 is 26.9. The molecule has 1 nitrogen and oxygen atoms in total. The minimum absolute atomic E-state index is 0.319. The van der Waals surface area contributed by atoms with E-state index in [1.54, 1.807) is 12.1 Å². The van der Waals surface area contributed by atoms with Crippen molar-refractivity contribution in [2.45, 2.75) is 0 Å². The van der Waals surface area contributed by atoms with Gasteiger partial charge in [0.05, 0.1) is 0 Å². The molecule has 0 atom stereocenters. The third-order valence-electron chi connectivity index (χ3n) is 3.31. The standard InChI is InChI=1S/C17H10F2O/c18-12-6-8-16(17(19)9-12)15-7-5-11(10-20)13-3-1-2-4-14(13)15/h1-10H. The van der Waals surface area contributed by atoms with Crippen LogP contribution in [0.1, 0.15) is 10.4 Å². The third-order valence-corrected chi connectivity index (χ3v) is 3.31. The zero-order chi connectivity index (χ0) is 14.1. The lowest BCUT2D eigenvalue weighted by Crippen LogP contribution is -1.90. The summed E-state index contributed by atoms with van der Waals surface area (Å²) in [6, 6.07) is 14.1. The minimum atomic E-state index is -0.617. The van der Waals surface area contributed by atoms with Gasteiger partial charge >= 0.3 is 0 Å². The largest absolute Gasteiger partial charge is 0.298 e. The molecule has 0 amide bonds. The smallest absolute Gasteiger partial charge is 0.150 e. The molecule has 98 valence electrons. The van der Waals surface area contributed by atoms with Crippen molar-refractivity contribution in [2.75, 3.05) is 0 Å². The summed E-state index contributed by atoms with van der Waals surface area (Å²) in [5.41, 5.74) is 1.51. The number of halogens is 2. The summed E-state index contributed by atoms with van der Waals surface area (Å²) in [5, 5.41) is 1.52. The molecule has 3 heteroatoms. The molecule has 0 aliphatic heterocycles. The van der Waals surface area contributed by atoms with E-state index in [0.717, 1.165) is 23.1 Å². The molecule has 0 unspecified atom stereocenters. The molecule has 0 saturated heterocycles. The van der Waals surface area contributed by atoms with Gasteiger partial charge in [-0.25, -0.2) is 8.78 Å². The molecule has 0 aliphatic carbocycles. The second-order valence-electron chi connectivity index (χ2n) is 4.49. The molecule has 3 rings (SSSR count). The molecule has 3 aromatic carbocycles. The fraction of sp³-hybridized carbons (Fsp3) is 0. The quantitative estimate of drug-likeness (QED) is 0.621. The SMILES string of the molecule is O=Cc1ccc(-c2ccc(F)cc2F)c2ccccc12. The summed E-state index contributed by atoms with van der Waals surface area (Å²) in [6.45, 7) is 0. The monoisotopic (exact) mass is 268 g/mol. The van der Waals surface area contributed by atoms with E-state index in [9.17, 15) is 13.6 Å². The van der Waals surface area contributed by atoms with Crippen LogP contribution in [0, 0.1) is 11.6 Å². The number of benzene rings is 3. The van der Waals surface area contributed by atoms with E-state index >= 15 is 0 Å². The van der Waals surface area contributed by atoms with Gasteiger partial charge in [0, 0.05) is 17.2 Å². The topological polar surface area (TPSA) is 17.1 Å². The van der Waals surface area contributed by atoms with Gasteiger partial charge in [0.2, 0.25) is 0 Å². The van der Waals surface area contributed by atoms with Crippen LogP contribution in [0.5, 0.6) is 0 Å². The molecule has 0 aliphatic rings. The Morgan fingerprint density at radius 3 is 2.20 bits per heavy atom. The first-order valence-corrected chi connectivity index (χ1v) is 6.13. The van der Waals surface area contributed by atoms with Gasteiger partial charge in [-0.15, -0.1) is 0 Å². The Balaban J connectivity index is 2.35. The Labute approximate surface area is 114 Å². The van der Waals surface area contributed by atoms with Crippen LogP contribution in [0.15, 0.2) is 54.6 Å². The maximum atomic E-state index is 13.9. The molecule has 0 fully saturated rings. The molecule has 0 bridgehead atoms. The van der Waals surface area contributed by atoms with Crippen molar-refractivity contribution in [1.29, 1.82) is 0 Å². The van der Waals surface area contributed by atoms with Crippen molar-refractivity contribution in [3.05, 3.63) is 71.8 Å². The van der Waals surface area contributed by atoms with Gasteiger partial charge in [-0.05, 0) is 28.5 Å². The third kappa shape index (κ3) is 1.97. The molecule has 0 saturated carbocycles. The summed E-state index contributed by atoms with van der Waals surface area (Å²) in [5.74, 6) is -1.23. The Bertz CT molecular complexity index is 809. The maximum Gasteiger partial charge on any atom is 0.150 e. The fourth-order valence-corrected chi connectivity index (χ4v) is 2.37. The highest BCUT2D eigenvalue weighted by Gasteiger charge is 2.11. The average Bonchev–Trinajstić information content (AvgIpc) is 2.47. The van der Waals surface area contributed by atoms with E-state index in [4.69, 9.17) is 0 Å². The number of carbonyl (C=O) groups is 1. The van der Waals surface area contributed by atoms with Crippen molar-refractivity contribution < 1.29 is 13.6 Å². The summed E-state index contributed by atoms with van der Waals surface area (Å²) in [4.78, 5) is 11.1. The Kier molecular flexibility index (Phi) is 3.03. The molecule has 0 spiro atoms. The Hall–Kier alpha value is -2.55. The highest BCUT2D eigenvalue weighted by molar-refractivity contribution is 6.05. The predicted octanol–water partition coefficient (Wildman–Crippen LogP) is 4.60. The van der Waals surface area contributed by atoms with Gasteiger partial charge in [0.15, 0.2) is 6.29 Å². The number of carbonyl (C=O) groups excluding carboxylic acids is 1. The molecule has 0 aromatic heterocycles. The van der Waals surface area contributed by atoms with E-state index in [2.05, 4.69) is 0 Å². The molecule has 0 N–H and O–H groups in total. The Morgan fingerprint density at radius 2 is 1.50 bits per heavy atom. The predicted molar refractivity (Wildman–Crippen MR) is 74.7 cm³/mol. The van der Waals surface area contributed by atoms with Crippen molar-refractivity contribution in [1.82, 2.24) is 0 Å². The van der Waals surface area contributed by atoms with E-state index < -0.39 is 11.6 Å². The summed E-state index contributed by atoms with van der Waals surface area (Å²) in [7, 11) is 0. The van der Waals surface area contributed by atoms with Crippen LogP contribution in [0.3, 0.4) is 0 Å². The number of rotatable bonds is 2. The minimum Gasteiger partial charge on any atom is -0.298 e. The molecule has 20 heavy (non-hydrogen) atoms. The van der Waals surface area contributed by atoms with Crippen LogP contribution in [0.25, 0.3) is 21.9 Å². The van der Waals surface area contributed by atoms with Crippen molar-refractivity contribution in [3.8, 4) is 11.1 Å². The van der Waals surface area contributed by atoms with Crippen molar-refractivity contribution in [3.63, 3.8) is 0 Å². The van der Waals surface area contributed by atoms with Gasteiger partial charge in [0.1, 0.15) is 11.6 Å². The van der Waals surface area contributed by atoms with Gasteiger partial charge in [-0.3, -0.25) is 4.79 Å². The van der Waals surface area contributed by atoms with E-state index in [0.29, 0.717) is 16.7 Å². The van der Waals surface area contributed by atoms with Gasteiger partial charge in [0.25, 0.3) is 0 Å². The lowest BCUT2D eigenvalue weighted by molar-refractivity contribution is 0.112. The summed E-state index contributed by atoms with van der Waals surface area (Å²) >= 11 is 0. The van der Waals surface area contributed by atoms with Gasteiger partial charge in [-0.2, -0.15) is 0 Å². The number of fused-ring (bicyclic) bond motifs is 1. The van der Waals surface area contributed by atoms with Crippen LogP contribution in [-0.2, 0) is 0 Å². The lowest BCUT2D eigenvalue weighted by Gasteiger charge is -2.09. The first-order chi connectivity index (χ1) is 9.70. The van der Waals surface area contributed by atoms with Crippen LogP contribution >= 0.6 is 0 Å². The second kappa shape index (κ2) is 4.85.